The maximum Gasteiger partial charge on any atom is 0.339 e. The number of ketones is 1. The predicted octanol–water partition coefficient (Wildman–Crippen LogP) is 3.67. The number of rotatable bonds is 3. The zero-order chi connectivity index (χ0) is 14.1. The Morgan fingerprint density at radius 3 is 2.22 bits per heavy atom. The lowest BCUT2D eigenvalue weighted by Gasteiger charge is -2.15. The predicted molar refractivity (Wildman–Crippen MR) is 73.5 cm³/mol. The van der Waals surface area contributed by atoms with Crippen molar-refractivity contribution < 1.29 is 14.3 Å². The number of hydrogen-bond acceptors (Lipinski definition) is 4. The van der Waals surface area contributed by atoms with Crippen molar-refractivity contribution in [3.63, 3.8) is 0 Å². The number of esters is 1. The number of methoxy groups -OCH3 is 1. The Balaban J connectivity index is 3.35. The van der Waals surface area contributed by atoms with E-state index in [1.807, 2.05) is 13.8 Å². The third-order valence-corrected chi connectivity index (χ3v) is 4.20. The normalized spacial score (nSPS) is 11.7. The Labute approximate surface area is 112 Å². The van der Waals surface area contributed by atoms with Crippen LogP contribution in [0.5, 0.6) is 0 Å². The first-order valence-corrected chi connectivity index (χ1v) is 6.77. The average molecular weight is 268 g/mol. The van der Waals surface area contributed by atoms with E-state index in [4.69, 9.17) is 4.74 Å². The van der Waals surface area contributed by atoms with Crippen LogP contribution in [0.1, 0.15) is 59.5 Å². The van der Waals surface area contributed by atoms with Crippen LogP contribution < -0.4 is 0 Å². The summed E-state index contributed by atoms with van der Waals surface area (Å²) in [5.41, 5.74) is 0.314. The van der Waals surface area contributed by atoms with Crippen LogP contribution in [0.25, 0.3) is 0 Å². The summed E-state index contributed by atoms with van der Waals surface area (Å²) in [5.74, 6) is -0.568. The molecule has 3 nitrogen and oxygen atoms in total. The van der Waals surface area contributed by atoms with Gasteiger partial charge in [-0.25, -0.2) is 4.79 Å². The Hall–Kier alpha value is -1.16. The van der Waals surface area contributed by atoms with Crippen molar-refractivity contribution in [2.24, 2.45) is 5.92 Å². The van der Waals surface area contributed by atoms with Gasteiger partial charge in [-0.15, -0.1) is 11.3 Å². The van der Waals surface area contributed by atoms with Crippen LogP contribution in [0.4, 0.5) is 0 Å². The van der Waals surface area contributed by atoms with Crippen molar-refractivity contribution in [2.75, 3.05) is 7.11 Å². The number of hydrogen-bond donors (Lipinski definition) is 0. The van der Waals surface area contributed by atoms with E-state index in [1.54, 1.807) is 6.07 Å². The van der Waals surface area contributed by atoms with Gasteiger partial charge in [-0.2, -0.15) is 0 Å². The highest BCUT2D eigenvalue weighted by Gasteiger charge is 2.27. The highest BCUT2D eigenvalue weighted by Crippen LogP contribution is 2.34. The summed E-state index contributed by atoms with van der Waals surface area (Å²) in [6.45, 7) is 9.84. The van der Waals surface area contributed by atoms with Gasteiger partial charge in [0.2, 0.25) is 0 Å². The van der Waals surface area contributed by atoms with E-state index in [9.17, 15) is 9.59 Å². The van der Waals surface area contributed by atoms with Crippen molar-refractivity contribution in [3.05, 3.63) is 21.4 Å². The fourth-order valence-corrected chi connectivity index (χ4v) is 2.76. The first-order chi connectivity index (χ1) is 8.18. The Bertz CT molecular complexity index is 464. The lowest BCUT2D eigenvalue weighted by atomic mass is 9.94. The molecular weight excluding hydrogens is 248 g/mol. The fraction of sp³-hybridized carbons (Fsp3) is 0.571. The zero-order valence-corrected chi connectivity index (χ0v) is 12.6. The molecule has 1 rings (SSSR count). The van der Waals surface area contributed by atoms with Crippen molar-refractivity contribution in [1.82, 2.24) is 0 Å². The molecule has 0 aromatic carbocycles. The van der Waals surface area contributed by atoms with Crippen LogP contribution in [0.3, 0.4) is 0 Å². The van der Waals surface area contributed by atoms with Gasteiger partial charge in [0.1, 0.15) is 0 Å². The standard InChI is InChI=1S/C14H20O3S/c1-8(2)11(15)12-9(13(16)17-6)7-10(18-12)14(3,4)5/h7-8H,1-6H3. The van der Waals surface area contributed by atoms with E-state index in [-0.39, 0.29) is 17.1 Å². The van der Waals surface area contributed by atoms with Crippen LogP contribution in [-0.4, -0.2) is 18.9 Å². The Morgan fingerprint density at radius 2 is 1.83 bits per heavy atom. The van der Waals surface area contributed by atoms with Crippen molar-refractivity contribution in [1.29, 1.82) is 0 Å². The van der Waals surface area contributed by atoms with Crippen LogP contribution >= 0.6 is 11.3 Å². The molecule has 1 aromatic rings. The lowest BCUT2D eigenvalue weighted by Crippen LogP contribution is -2.11. The molecule has 0 unspecified atom stereocenters. The summed E-state index contributed by atoms with van der Waals surface area (Å²) in [5, 5.41) is 0. The summed E-state index contributed by atoms with van der Waals surface area (Å²) in [6.07, 6.45) is 0. The average Bonchev–Trinajstić information content (AvgIpc) is 2.71. The largest absolute Gasteiger partial charge is 0.465 e. The minimum Gasteiger partial charge on any atom is -0.465 e. The molecule has 0 aliphatic heterocycles. The van der Waals surface area contributed by atoms with Crippen molar-refractivity contribution in [2.45, 2.75) is 40.0 Å². The summed E-state index contributed by atoms with van der Waals surface area (Å²) in [6, 6.07) is 1.78. The van der Waals surface area contributed by atoms with E-state index in [2.05, 4.69) is 20.8 Å². The minimum atomic E-state index is -0.439. The molecule has 4 heteroatoms. The van der Waals surface area contributed by atoms with Crippen molar-refractivity contribution >= 4 is 23.1 Å². The molecule has 0 bridgehead atoms. The van der Waals surface area contributed by atoms with Crippen molar-refractivity contribution in [3.8, 4) is 0 Å². The maximum absolute atomic E-state index is 12.1. The number of Topliss-reactive ketones (excluding diaryl/α,β-unsaturated/α-hetero) is 1. The summed E-state index contributed by atoms with van der Waals surface area (Å²) in [4.78, 5) is 25.4. The second-order valence-corrected chi connectivity index (χ2v) is 6.67. The fourth-order valence-electron chi connectivity index (χ4n) is 1.47. The summed E-state index contributed by atoms with van der Waals surface area (Å²) < 4.78 is 4.75. The molecule has 1 heterocycles. The molecular formula is C14H20O3S. The van der Waals surface area contributed by atoms with E-state index >= 15 is 0 Å². The molecule has 1 aromatic heterocycles. The first kappa shape index (κ1) is 14.9. The smallest absolute Gasteiger partial charge is 0.339 e. The third kappa shape index (κ3) is 2.99. The van der Waals surface area contributed by atoms with E-state index < -0.39 is 5.97 Å². The van der Waals surface area contributed by atoms with E-state index in [0.29, 0.717) is 10.4 Å². The molecule has 100 valence electrons. The number of ether oxygens (including phenoxy) is 1. The molecule has 18 heavy (non-hydrogen) atoms. The monoisotopic (exact) mass is 268 g/mol. The van der Waals surface area contributed by atoms with Gasteiger partial charge in [-0.3, -0.25) is 4.79 Å². The van der Waals surface area contributed by atoms with Gasteiger partial charge in [0, 0.05) is 10.8 Å². The molecule has 0 N–H and O–H groups in total. The van der Waals surface area contributed by atoms with Crippen LogP contribution in [0.15, 0.2) is 6.07 Å². The number of thiophene rings is 1. The summed E-state index contributed by atoms with van der Waals surface area (Å²) >= 11 is 1.40. The zero-order valence-electron chi connectivity index (χ0n) is 11.8. The van der Waals surface area contributed by atoms with Gasteiger partial charge in [0.05, 0.1) is 17.6 Å². The second kappa shape index (κ2) is 5.22. The van der Waals surface area contributed by atoms with Gasteiger partial charge < -0.3 is 4.74 Å². The SMILES string of the molecule is COC(=O)c1cc(C(C)(C)C)sc1C(=O)C(C)C. The maximum atomic E-state index is 12.1. The van der Waals surface area contributed by atoms with E-state index in [1.165, 1.54) is 18.4 Å². The highest BCUT2D eigenvalue weighted by atomic mass is 32.1. The van der Waals surface area contributed by atoms with E-state index in [0.717, 1.165) is 4.88 Å². The molecule has 0 saturated carbocycles. The molecule has 0 fully saturated rings. The van der Waals surface area contributed by atoms with Gasteiger partial charge in [-0.1, -0.05) is 34.6 Å². The van der Waals surface area contributed by atoms with Gasteiger partial charge in [0.25, 0.3) is 0 Å². The second-order valence-electron chi connectivity index (χ2n) is 5.61. The number of carbonyl (C=O) groups excluding carboxylic acids is 2. The molecule has 0 spiro atoms. The van der Waals surface area contributed by atoms with Gasteiger partial charge >= 0.3 is 5.97 Å². The van der Waals surface area contributed by atoms with Crippen LogP contribution in [0.2, 0.25) is 0 Å². The first-order valence-electron chi connectivity index (χ1n) is 5.95. The molecule has 0 aliphatic carbocycles. The molecule has 0 atom stereocenters. The third-order valence-electron chi connectivity index (χ3n) is 2.62. The summed E-state index contributed by atoms with van der Waals surface area (Å²) in [7, 11) is 1.33. The number of carbonyl (C=O) groups is 2. The molecule has 0 amide bonds. The van der Waals surface area contributed by atoms with Gasteiger partial charge in [-0.05, 0) is 11.5 Å². The quantitative estimate of drug-likeness (QED) is 0.620. The molecule has 0 aliphatic rings. The van der Waals surface area contributed by atoms with Crippen LogP contribution in [-0.2, 0) is 10.2 Å². The highest BCUT2D eigenvalue weighted by molar-refractivity contribution is 7.14. The molecule has 0 saturated heterocycles. The molecule has 0 radical (unpaired) electrons. The van der Waals surface area contributed by atoms with Crippen LogP contribution in [0, 0.1) is 5.92 Å². The lowest BCUT2D eigenvalue weighted by molar-refractivity contribution is 0.0597. The Kier molecular flexibility index (Phi) is 4.32. The Morgan fingerprint density at radius 1 is 1.28 bits per heavy atom. The topological polar surface area (TPSA) is 43.4 Å². The minimum absolute atomic E-state index is 0.00380. The van der Waals surface area contributed by atoms with Gasteiger partial charge in [0.15, 0.2) is 5.78 Å².